The lowest BCUT2D eigenvalue weighted by molar-refractivity contribution is -0.144. The topological polar surface area (TPSA) is 93.2 Å². The number of esters is 1. The van der Waals surface area contributed by atoms with Crippen molar-refractivity contribution in [2.75, 3.05) is 39.5 Å². The van der Waals surface area contributed by atoms with Gasteiger partial charge in [-0.2, -0.15) is 4.31 Å². The Morgan fingerprint density at radius 1 is 1.29 bits per heavy atom. The largest absolute Gasteiger partial charge is 0.465 e. The SMILES string of the molecule is CCOC(=O)CN(C(=O)c1ccc(Br)c(S(=O)(=O)N2CCOCC2)c1)C(C)C. The van der Waals surface area contributed by atoms with Gasteiger partial charge in [-0.25, -0.2) is 8.42 Å². The summed E-state index contributed by atoms with van der Waals surface area (Å²) in [6.45, 7) is 6.44. The van der Waals surface area contributed by atoms with Gasteiger partial charge in [-0.15, -0.1) is 0 Å². The summed E-state index contributed by atoms with van der Waals surface area (Å²) in [6, 6.07) is 4.15. The molecule has 28 heavy (non-hydrogen) atoms. The Labute approximate surface area is 174 Å². The van der Waals surface area contributed by atoms with Crippen molar-refractivity contribution < 1.29 is 27.5 Å². The zero-order valence-electron chi connectivity index (χ0n) is 16.2. The molecule has 0 atom stereocenters. The molecule has 2 rings (SSSR count). The molecule has 0 saturated carbocycles. The van der Waals surface area contributed by atoms with Crippen LogP contribution in [0.2, 0.25) is 0 Å². The number of hydrogen-bond donors (Lipinski definition) is 0. The number of ether oxygens (including phenoxy) is 2. The van der Waals surface area contributed by atoms with Crippen LogP contribution in [-0.2, 0) is 24.3 Å². The quantitative estimate of drug-likeness (QED) is 0.557. The molecule has 1 aromatic rings. The summed E-state index contributed by atoms with van der Waals surface area (Å²) in [5.41, 5.74) is 0.188. The van der Waals surface area contributed by atoms with Gasteiger partial charge in [0.05, 0.1) is 24.7 Å². The van der Waals surface area contributed by atoms with Crippen molar-refractivity contribution in [3.05, 3.63) is 28.2 Å². The summed E-state index contributed by atoms with van der Waals surface area (Å²) in [5.74, 6) is -0.947. The molecular formula is C18H25BrN2O6S. The normalized spacial score (nSPS) is 15.5. The molecule has 0 radical (unpaired) electrons. The van der Waals surface area contributed by atoms with E-state index in [2.05, 4.69) is 15.9 Å². The molecule has 0 spiro atoms. The standard InChI is InChI=1S/C18H25BrN2O6S/c1-4-27-17(22)12-21(13(2)3)18(23)14-5-6-15(19)16(11-14)28(24,25)20-7-9-26-10-8-20/h5-6,11,13H,4,7-10,12H2,1-3H3. The van der Waals surface area contributed by atoms with E-state index in [1.807, 2.05) is 0 Å². The highest BCUT2D eigenvalue weighted by Gasteiger charge is 2.30. The van der Waals surface area contributed by atoms with Crippen LogP contribution in [0.25, 0.3) is 0 Å². The number of nitrogens with zero attached hydrogens (tertiary/aromatic N) is 2. The number of morpholine rings is 1. The van der Waals surface area contributed by atoms with Gasteiger partial charge in [0.2, 0.25) is 10.0 Å². The van der Waals surface area contributed by atoms with Gasteiger partial charge >= 0.3 is 5.97 Å². The summed E-state index contributed by atoms with van der Waals surface area (Å²) in [4.78, 5) is 26.2. The molecule has 0 bridgehead atoms. The first-order valence-corrected chi connectivity index (χ1v) is 11.3. The summed E-state index contributed by atoms with van der Waals surface area (Å²) in [7, 11) is -3.78. The van der Waals surface area contributed by atoms with Crippen LogP contribution in [0.4, 0.5) is 0 Å². The second-order valence-corrected chi connectivity index (χ2v) is 9.25. The maximum atomic E-state index is 13.0. The van der Waals surface area contributed by atoms with Gasteiger partial charge in [0.15, 0.2) is 0 Å². The Bertz CT molecular complexity index is 821. The smallest absolute Gasteiger partial charge is 0.325 e. The molecular weight excluding hydrogens is 452 g/mol. The Balaban J connectivity index is 2.34. The molecule has 1 aliphatic rings. The van der Waals surface area contributed by atoms with Crippen molar-refractivity contribution in [1.29, 1.82) is 0 Å². The van der Waals surface area contributed by atoms with Crippen molar-refractivity contribution in [2.45, 2.75) is 31.7 Å². The minimum Gasteiger partial charge on any atom is -0.465 e. The van der Waals surface area contributed by atoms with Crippen molar-refractivity contribution in [3.8, 4) is 0 Å². The number of rotatable bonds is 7. The van der Waals surface area contributed by atoms with Crippen LogP contribution in [-0.4, -0.2) is 75.0 Å². The molecule has 156 valence electrons. The molecule has 1 heterocycles. The van der Waals surface area contributed by atoms with Gasteiger partial charge in [-0.3, -0.25) is 9.59 Å². The van der Waals surface area contributed by atoms with E-state index in [1.54, 1.807) is 20.8 Å². The Kier molecular flexibility index (Phi) is 7.99. The van der Waals surface area contributed by atoms with E-state index in [-0.39, 0.29) is 42.7 Å². The molecule has 1 saturated heterocycles. The van der Waals surface area contributed by atoms with Crippen molar-refractivity contribution in [1.82, 2.24) is 9.21 Å². The van der Waals surface area contributed by atoms with E-state index in [0.29, 0.717) is 17.7 Å². The Morgan fingerprint density at radius 3 is 2.50 bits per heavy atom. The molecule has 10 heteroatoms. The molecule has 0 aromatic heterocycles. The predicted octanol–water partition coefficient (Wildman–Crippen LogP) is 1.88. The molecule has 8 nitrogen and oxygen atoms in total. The lowest BCUT2D eigenvalue weighted by atomic mass is 10.1. The fourth-order valence-electron chi connectivity index (χ4n) is 2.76. The monoisotopic (exact) mass is 476 g/mol. The molecule has 0 N–H and O–H groups in total. The third-order valence-corrected chi connectivity index (χ3v) is 7.15. The van der Waals surface area contributed by atoms with Crippen LogP contribution >= 0.6 is 15.9 Å². The highest BCUT2D eigenvalue weighted by Crippen LogP contribution is 2.27. The summed E-state index contributed by atoms with van der Waals surface area (Å²) >= 11 is 3.27. The lowest BCUT2D eigenvalue weighted by Gasteiger charge is -2.28. The molecule has 1 aromatic carbocycles. The van der Waals surface area contributed by atoms with Crippen molar-refractivity contribution in [2.24, 2.45) is 0 Å². The second kappa shape index (κ2) is 9.82. The van der Waals surface area contributed by atoms with Crippen LogP contribution < -0.4 is 0 Å². The number of carbonyl (C=O) groups excluding carboxylic acids is 2. The van der Waals surface area contributed by atoms with Gasteiger partial charge in [0.1, 0.15) is 6.54 Å². The molecule has 1 aliphatic heterocycles. The first-order valence-electron chi connectivity index (χ1n) is 9.02. The average Bonchev–Trinajstić information content (AvgIpc) is 2.66. The van der Waals surface area contributed by atoms with Crippen LogP contribution in [0, 0.1) is 0 Å². The van der Waals surface area contributed by atoms with Gasteiger partial charge in [0.25, 0.3) is 5.91 Å². The Morgan fingerprint density at radius 2 is 1.93 bits per heavy atom. The zero-order chi connectivity index (χ0) is 20.9. The highest BCUT2D eigenvalue weighted by atomic mass is 79.9. The maximum absolute atomic E-state index is 13.0. The number of carbonyl (C=O) groups is 2. The molecule has 1 fully saturated rings. The Hall–Kier alpha value is -1.49. The summed E-state index contributed by atoms with van der Waals surface area (Å²) in [5, 5.41) is 0. The van der Waals surface area contributed by atoms with Crippen LogP contribution in [0.3, 0.4) is 0 Å². The van der Waals surface area contributed by atoms with E-state index in [1.165, 1.54) is 27.4 Å². The maximum Gasteiger partial charge on any atom is 0.325 e. The minimum atomic E-state index is -3.78. The van der Waals surface area contributed by atoms with Gasteiger partial charge in [0, 0.05) is 29.2 Å². The van der Waals surface area contributed by atoms with E-state index in [9.17, 15) is 18.0 Å². The predicted molar refractivity (Wildman–Crippen MR) is 107 cm³/mol. The first kappa shape index (κ1) is 22.8. The van der Waals surface area contributed by atoms with E-state index in [0.717, 1.165) is 0 Å². The van der Waals surface area contributed by atoms with Crippen molar-refractivity contribution >= 4 is 37.8 Å². The van der Waals surface area contributed by atoms with E-state index in [4.69, 9.17) is 9.47 Å². The second-order valence-electron chi connectivity index (χ2n) is 6.49. The molecule has 0 unspecified atom stereocenters. The lowest BCUT2D eigenvalue weighted by Crippen LogP contribution is -2.42. The number of benzene rings is 1. The van der Waals surface area contributed by atoms with E-state index >= 15 is 0 Å². The average molecular weight is 477 g/mol. The summed E-state index contributed by atoms with van der Waals surface area (Å²) < 4.78 is 37.8. The fourth-order valence-corrected chi connectivity index (χ4v) is 5.12. The van der Waals surface area contributed by atoms with Gasteiger partial charge in [-0.1, -0.05) is 0 Å². The third-order valence-electron chi connectivity index (χ3n) is 4.26. The number of amides is 1. The van der Waals surface area contributed by atoms with Gasteiger partial charge < -0.3 is 14.4 Å². The van der Waals surface area contributed by atoms with Crippen LogP contribution in [0.1, 0.15) is 31.1 Å². The minimum absolute atomic E-state index is 0.0140. The number of hydrogen-bond acceptors (Lipinski definition) is 6. The van der Waals surface area contributed by atoms with E-state index < -0.39 is 21.9 Å². The number of sulfonamides is 1. The first-order chi connectivity index (χ1) is 13.2. The van der Waals surface area contributed by atoms with Crippen LogP contribution in [0.5, 0.6) is 0 Å². The fraction of sp³-hybridized carbons (Fsp3) is 0.556. The van der Waals surface area contributed by atoms with Crippen LogP contribution in [0.15, 0.2) is 27.6 Å². The third kappa shape index (κ3) is 5.31. The van der Waals surface area contributed by atoms with Gasteiger partial charge in [-0.05, 0) is 54.9 Å². The highest BCUT2D eigenvalue weighted by molar-refractivity contribution is 9.10. The van der Waals surface area contributed by atoms with Crippen molar-refractivity contribution in [3.63, 3.8) is 0 Å². The number of halogens is 1. The summed E-state index contributed by atoms with van der Waals surface area (Å²) in [6.07, 6.45) is 0. The molecule has 0 aliphatic carbocycles. The molecule has 1 amide bonds. The zero-order valence-corrected chi connectivity index (χ0v) is 18.6.